The van der Waals surface area contributed by atoms with E-state index in [1.807, 2.05) is 12.1 Å². The number of aromatic nitrogens is 3. The summed E-state index contributed by atoms with van der Waals surface area (Å²) in [4.78, 5) is 4.35. The van der Waals surface area contributed by atoms with Gasteiger partial charge in [-0.05, 0) is 18.9 Å². The van der Waals surface area contributed by atoms with Gasteiger partial charge >= 0.3 is 0 Å². The lowest BCUT2D eigenvalue weighted by Gasteiger charge is -2.02. The number of nitrogens with two attached hydrogens (primary N) is 1. The number of fused-ring (bicyclic) bond motifs is 1. The summed E-state index contributed by atoms with van der Waals surface area (Å²) in [5.41, 5.74) is 7.15. The lowest BCUT2D eigenvalue weighted by Crippen LogP contribution is -2.09. The van der Waals surface area contributed by atoms with Crippen LogP contribution in [0.25, 0.3) is 5.65 Å². The first kappa shape index (κ1) is 11.6. The van der Waals surface area contributed by atoms with Crippen LogP contribution in [-0.2, 0) is 16.4 Å². The molecule has 1 aliphatic heterocycles. The van der Waals surface area contributed by atoms with Crippen molar-refractivity contribution in [3.8, 4) is 0 Å². The van der Waals surface area contributed by atoms with Crippen LogP contribution in [0.15, 0.2) is 18.3 Å². The Bertz CT molecular complexity index is 692. The highest BCUT2D eigenvalue weighted by Gasteiger charge is 2.35. The molecular weight excluding hydrogens is 252 g/mol. The highest BCUT2D eigenvalue weighted by molar-refractivity contribution is 7.91. The number of hydrogen-bond acceptors (Lipinski definition) is 5. The molecule has 96 valence electrons. The Balaban J connectivity index is 2.14. The van der Waals surface area contributed by atoms with Crippen molar-refractivity contribution in [1.82, 2.24) is 14.6 Å². The van der Waals surface area contributed by atoms with Crippen LogP contribution >= 0.6 is 0 Å². The van der Waals surface area contributed by atoms with Gasteiger partial charge in [0.25, 0.3) is 0 Å². The Morgan fingerprint density at radius 2 is 2.33 bits per heavy atom. The number of hydrogen-bond donors (Lipinski definition) is 1. The SMILES string of the molecule is NCc1cccn2nc(C3CCCS3(=O)=O)nc12. The monoisotopic (exact) mass is 266 g/mol. The van der Waals surface area contributed by atoms with Gasteiger partial charge in [-0.15, -0.1) is 5.10 Å². The molecule has 0 bridgehead atoms. The lowest BCUT2D eigenvalue weighted by atomic mass is 10.2. The summed E-state index contributed by atoms with van der Waals surface area (Å²) in [7, 11) is -3.08. The van der Waals surface area contributed by atoms with Crippen LogP contribution in [-0.4, -0.2) is 28.8 Å². The van der Waals surface area contributed by atoms with Crippen molar-refractivity contribution in [2.24, 2.45) is 5.73 Å². The first-order valence-corrected chi connectivity index (χ1v) is 7.59. The van der Waals surface area contributed by atoms with Crippen LogP contribution in [0.3, 0.4) is 0 Å². The molecule has 0 saturated carbocycles. The van der Waals surface area contributed by atoms with Crippen LogP contribution in [0.4, 0.5) is 0 Å². The third-order valence-corrected chi connectivity index (χ3v) is 5.47. The van der Waals surface area contributed by atoms with Crippen molar-refractivity contribution in [3.63, 3.8) is 0 Å². The van der Waals surface area contributed by atoms with Crippen LogP contribution < -0.4 is 5.73 Å². The predicted octanol–water partition coefficient (Wildman–Crippen LogP) is 0.438. The van der Waals surface area contributed by atoms with Gasteiger partial charge in [0, 0.05) is 18.3 Å². The lowest BCUT2D eigenvalue weighted by molar-refractivity contribution is 0.588. The van der Waals surface area contributed by atoms with Crippen molar-refractivity contribution >= 4 is 15.5 Å². The second kappa shape index (κ2) is 4.03. The fourth-order valence-electron chi connectivity index (χ4n) is 2.36. The Hall–Kier alpha value is -1.47. The first-order chi connectivity index (χ1) is 8.62. The van der Waals surface area contributed by atoms with Crippen molar-refractivity contribution < 1.29 is 8.42 Å². The van der Waals surface area contributed by atoms with Crippen LogP contribution in [0.5, 0.6) is 0 Å². The molecule has 1 saturated heterocycles. The minimum Gasteiger partial charge on any atom is -0.326 e. The number of nitrogens with zero attached hydrogens (tertiary/aromatic N) is 3. The Kier molecular flexibility index (Phi) is 2.60. The summed E-state index contributed by atoms with van der Waals surface area (Å²) in [5.74, 6) is 0.630. The maximum absolute atomic E-state index is 11.9. The summed E-state index contributed by atoms with van der Waals surface area (Å²) in [6.45, 7) is 0.361. The molecule has 1 atom stereocenters. The fraction of sp³-hybridized carbons (Fsp3) is 0.455. The molecule has 7 heteroatoms. The molecule has 0 aromatic carbocycles. The summed E-state index contributed by atoms with van der Waals surface area (Å²) in [6.07, 6.45) is 3.05. The minimum absolute atomic E-state index is 0.233. The van der Waals surface area contributed by atoms with E-state index in [9.17, 15) is 8.42 Å². The molecule has 0 aliphatic carbocycles. The molecule has 1 fully saturated rings. The zero-order valence-electron chi connectivity index (χ0n) is 9.78. The van der Waals surface area contributed by atoms with Gasteiger partial charge < -0.3 is 5.73 Å². The number of sulfone groups is 1. The average molecular weight is 266 g/mol. The van der Waals surface area contributed by atoms with E-state index in [1.54, 1.807) is 10.7 Å². The smallest absolute Gasteiger partial charge is 0.169 e. The molecule has 2 aromatic rings. The van der Waals surface area contributed by atoms with E-state index in [-0.39, 0.29) is 5.75 Å². The third-order valence-electron chi connectivity index (χ3n) is 3.30. The van der Waals surface area contributed by atoms with Crippen molar-refractivity contribution in [2.45, 2.75) is 24.6 Å². The van der Waals surface area contributed by atoms with Crippen molar-refractivity contribution in [2.75, 3.05) is 5.75 Å². The molecular formula is C11H14N4O2S. The molecule has 2 aromatic heterocycles. The van der Waals surface area contributed by atoms with Gasteiger partial charge in [-0.25, -0.2) is 17.9 Å². The van der Waals surface area contributed by atoms with E-state index in [1.165, 1.54) is 0 Å². The van der Waals surface area contributed by atoms with Gasteiger partial charge in [-0.1, -0.05) is 6.07 Å². The van der Waals surface area contributed by atoms with Gasteiger partial charge in [0.05, 0.1) is 5.75 Å². The molecule has 0 radical (unpaired) electrons. The minimum atomic E-state index is -3.08. The van der Waals surface area contributed by atoms with E-state index in [4.69, 9.17) is 5.73 Å². The first-order valence-electron chi connectivity index (χ1n) is 5.87. The highest BCUT2D eigenvalue weighted by atomic mass is 32.2. The molecule has 1 aliphatic rings. The Morgan fingerprint density at radius 3 is 3.00 bits per heavy atom. The molecule has 6 nitrogen and oxygen atoms in total. The highest BCUT2D eigenvalue weighted by Crippen LogP contribution is 2.32. The van der Waals surface area contributed by atoms with Gasteiger partial charge in [-0.2, -0.15) is 0 Å². The summed E-state index contributed by atoms with van der Waals surface area (Å²) < 4.78 is 25.4. The van der Waals surface area contributed by atoms with Crippen LogP contribution in [0, 0.1) is 0 Å². The van der Waals surface area contributed by atoms with Gasteiger partial charge in [0.1, 0.15) is 5.25 Å². The topological polar surface area (TPSA) is 90.4 Å². The van der Waals surface area contributed by atoms with Crippen LogP contribution in [0.1, 0.15) is 29.5 Å². The summed E-state index contributed by atoms with van der Waals surface area (Å²) >= 11 is 0. The van der Waals surface area contributed by atoms with E-state index in [0.29, 0.717) is 30.9 Å². The summed E-state index contributed by atoms with van der Waals surface area (Å²) in [6, 6.07) is 3.70. The van der Waals surface area contributed by atoms with E-state index in [0.717, 1.165) is 5.56 Å². The molecule has 0 spiro atoms. The Morgan fingerprint density at radius 1 is 1.50 bits per heavy atom. The van der Waals surface area contributed by atoms with E-state index in [2.05, 4.69) is 10.1 Å². The van der Waals surface area contributed by atoms with Gasteiger partial charge in [-0.3, -0.25) is 0 Å². The van der Waals surface area contributed by atoms with Crippen LogP contribution in [0.2, 0.25) is 0 Å². The number of pyridine rings is 1. The molecule has 1 unspecified atom stereocenters. The zero-order chi connectivity index (χ0) is 12.8. The van der Waals surface area contributed by atoms with Gasteiger partial charge in [0.15, 0.2) is 21.3 Å². The molecule has 3 rings (SSSR count). The quantitative estimate of drug-likeness (QED) is 0.851. The fourth-order valence-corrected chi connectivity index (χ4v) is 4.16. The summed E-state index contributed by atoms with van der Waals surface area (Å²) in [5, 5.41) is 3.72. The van der Waals surface area contributed by atoms with Crippen molar-refractivity contribution in [3.05, 3.63) is 29.7 Å². The maximum Gasteiger partial charge on any atom is 0.169 e. The standard InChI is InChI=1S/C11H14N4O2S/c12-7-8-3-1-5-15-11(8)13-10(14-15)9-4-2-6-18(9,16)17/h1,3,5,9H,2,4,6-7,12H2. The third kappa shape index (κ3) is 1.70. The molecule has 0 amide bonds. The van der Waals surface area contributed by atoms with Crippen molar-refractivity contribution in [1.29, 1.82) is 0 Å². The average Bonchev–Trinajstić information content (AvgIpc) is 2.90. The number of rotatable bonds is 2. The normalized spacial score (nSPS) is 22.6. The maximum atomic E-state index is 11.9. The van der Waals surface area contributed by atoms with Gasteiger partial charge in [0.2, 0.25) is 0 Å². The molecule has 18 heavy (non-hydrogen) atoms. The van der Waals surface area contributed by atoms with E-state index >= 15 is 0 Å². The molecule has 3 heterocycles. The zero-order valence-corrected chi connectivity index (χ0v) is 10.6. The van der Waals surface area contributed by atoms with E-state index < -0.39 is 15.1 Å². The Labute approximate surface area is 105 Å². The second-order valence-corrected chi connectivity index (χ2v) is 6.78. The second-order valence-electron chi connectivity index (χ2n) is 4.47. The largest absolute Gasteiger partial charge is 0.326 e. The molecule has 2 N–H and O–H groups in total. The predicted molar refractivity (Wildman–Crippen MR) is 66.6 cm³/mol.